The van der Waals surface area contributed by atoms with Gasteiger partial charge in [-0.1, -0.05) is 25.0 Å². The number of amides is 1. The van der Waals surface area contributed by atoms with Crippen LogP contribution in [0.2, 0.25) is 0 Å². The van der Waals surface area contributed by atoms with Gasteiger partial charge in [0.2, 0.25) is 5.91 Å². The van der Waals surface area contributed by atoms with Crippen LogP contribution < -0.4 is 25.4 Å². The molecule has 0 bridgehead atoms. The van der Waals surface area contributed by atoms with Crippen LogP contribution >= 0.6 is 0 Å². The maximum Gasteiger partial charge on any atom is 0.227 e. The summed E-state index contributed by atoms with van der Waals surface area (Å²) in [6, 6.07) is 13.6. The molecule has 0 aromatic heterocycles. The molecule has 31 heavy (non-hydrogen) atoms. The van der Waals surface area contributed by atoms with Crippen molar-refractivity contribution in [1.82, 2.24) is 10.6 Å². The Balaban J connectivity index is 1.53. The van der Waals surface area contributed by atoms with Crippen LogP contribution in [0, 0.1) is 5.92 Å². The van der Waals surface area contributed by atoms with Gasteiger partial charge in [0.25, 0.3) is 0 Å². The molecule has 7 heteroatoms. The van der Waals surface area contributed by atoms with Gasteiger partial charge in [-0.3, -0.25) is 9.79 Å². The molecule has 0 unspecified atom stereocenters. The molecule has 7 nitrogen and oxygen atoms in total. The van der Waals surface area contributed by atoms with Crippen LogP contribution in [0.5, 0.6) is 11.5 Å². The molecule has 1 saturated carbocycles. The lowest BCUT2D eigenvalue weighted by Crippen LogP contribution is -2.36. The Morgan fingerprint density at radius 3 is 2.52 bits per heavy atom. The number of hydrogen-bond acceptors (Lipinski definition) is 4. The summed E-state index contributed by atoms with van der Waals surface area (Å²) in [5.74, 6) is 2.47. The molecular formula is C24H32N4O3. The van der Waals surface area contributed by atoms with Gasteiger partial charge < -0.3 is 25.4 Å². The van der Waals surface area contributed by atoms with Crippen LogP contribution in [0.25, 0.3) is 0 Å². The Kier molecular flexibility index (Phi) is 8.15. The number of carbonyl (C=O) groups excluding carboxylic acids is 1. The number of rotatable bonds is 8. The highest BCUT2D eigenvalue weighted by Crippen LogP contribution is 2.26. The van der Waals surface area contributed by atoms with Crippen molar-refractivity contribution in [3.63, 3.8) is 0 Å². The number of nitrogens with one attached hydrogen (secondary N) is 3. The summed E-state index contributed by atoms with van der Waals surface area (Å²) in [4.78, 5) is 16.7. The van der Waals surface area contributed by atoms with Gasteiger partial charge in [0.1, 0.15) is 11.5 Å². The molecule has 1 aliphatic rings. The third kappa shape index (κ3) is 6.38. The predicted octanol–water partition coefficient (Wildman–Crippen LogP) is 3.70. The van der Waals surface area contributed by atoms with Gasteiger partial charge in [0.05, 0.1) is 14.2 Å². The van der Waals surface area contributed by atoms with E-state index in [9.17, 15) is 4.79 Å². The van der Waals surface area contributed by atoms with E-state index in [0.717, 1.165) is 54.0 Å². The van der Waals surface area contributed by atoms with E-state index < -0.39 is 0 Å². The summed E-state index contributed by atoms with van der Waals surface area (Å²) in [6.07, 6.45) is 4.29. The molecule has 1 fully saturated rings. The second kappa shape index (κ2) is 11.2. The summed E-state index contributed by atoms with van der Waals surface area (Å²) in [5, 5.41) is 9.67. The molecule has 2 aromatic carbocycles. The zero-order chi connectivity index (χ0) is 22.1. The second-order valence-electron chi connectivity index (χ2n) is 7.63. The van der Waals surface area contributed by atoms with Crippen molar-refractivity contribution in [2.75, 3.05) is 26.6 Å². The lowest BCUT2D eigenvalue weighted by molar-refractivity contribution is -0.119. The van der Waals surface area contributed by atoms with Crippen LogP contribution in [0.15, 0.2) is 47.5 Å². The quantitative estimate of drug-likeness (QED) is 0.445. The van der Waals surface area contributed by atoms with Crippen molar-refractivity contribution < 1.29 is 14.3 Å². The van der Waals surface area contributed by atoms with Gasteiger partial charge in [-0.25, -0.2) is 0 Å². The maximum absolute atomic E-state index is 12.4. The van der Waals surface area contributed by atoms with E-state index in [2.05, 4.69) is 20.9 Å². The van der Waals surface area contributed by atoms with E-state index in [1.807, 2.05) is 42.5 Å². The molecule has 0 heterocycles. The molecule has 3 rings (SSSR count). The van der Waals surface area contributed by atoms with Crippen molar-refractivity contribution in [3.8, 4) is 11.5 Å². The fraction of sp³-hybridized carbons (Fsp3) is 0.417. The Bertz CT molecular complexity index is 907. The second-order valence-corrected chi connectivity index (χ2v) is 7.63. The number of anilines is 1. The number of hydrogen-bond donors (Lipinski definition) is 3. The molecule has 3 N–H and O–H groups in total. The molecule has 0 saturated heterocycles. The third-order valence-corrected chi connectivity index (χ3v) is 5.54. The molecule has 0 aliphatic heterocycles. The van der Waals surface area contributed by atoms with E-state index in [4.69, 9.17) is 9.47 Å². The molecule has 0 spiro atoms. The lowest BCUT2D eigenvalue weighted by Gasteiger charge is -2.15. The molecule has 2 aromatic rings. The van der Waals surface area contributed by atoms with Gasteiger partial charge in [-0.05, 0) is 42.7 Å². The average molecular weight is 425 g/mol. The fourth-order valence-electron chi connectivity index (χ4n) is 3.77. The number of benzene rings is 2. The van der Waals surface area contributed by atoms with Gasteiger partial charge in [-0.15, -0.1) is 0 Å². The topological polar surface area (TPSA) is 84.0 Å². The van der Waals surface area contributed by atoms with Crippen LogP contribution in [0.3, 0.4) is 0 Å². The molecular weight excluding hydrogens is 392 g/mol. The van der Waals surface area contributed by atoms with Gasteiger partial charge >= 0.3 is 0 Å². The number of nitrogens with zero attached hydrogens (tertiary/aromatic N) is 1. The summed E-state index contributed by atoms with van der Waals surface area (Å²) >= 11 is 0. The summed E-state index contributed by atoms with van der Waals surface area (Å²) in [6.45, 7) is 1.15. The van der Waals surface area contributed by atoms with Crippen LogP contribution in [0.1, 0.15) is 36.8 Å². The molecule has 166 valence electrons. The first-order valence-electron chi connectivity index (χ1n) is 10.7. The van der Waals surface area contributed by atoms with Gasteiger partial charge in [0.15, 0.2) is 5.96 Å². The average Bonchev–Trinajstić information content (AvgIpc) is 3.34. The Morgan fingerprint density at radius 1 is 1.03 bits per heavy atom. The Morgan fingerprint density at radius 2 is 1.81 bits per heavy atom. The van der Waals surface area contributed by atoms with Crippen molar-refractivity contribution in [2.45, 2.75) is 38.8 Å². The minimum absolute atomic E-state index is 0.133. The highest BCUT2D eigenvalue weighted by molar-refractivity contribution is 5.92. The first-order valence-corrected chi connectivity index (χ1v) is 10.7. The highest BCUT2D eigenvalue weighted by atomic mass is 16.5. The third-order valence-electron chi connectivity index (χ3n) is 5.54. The summed E-state index contributed by atoms with van der Waals surface area (Å²) in [7, 11) is 5.01. The van der Waals surface area contributed by atoms with Gasteiger partial charge in [-0.2, -0.15) is 0 Å². The Hall–Kier alpha value is -3.22. The standard InChI is InChI=1S/C24H32N4O3/c1-25-24(27-16-19-11-12-21(30-2)14-22(19)31-3)26-15-17-7-6-10-20(13-17)28-23(29)18-8-4-5-9-18/h6-7,10-14,18H,4-5,8-9,15-16H2,1-3H3,(H,28,29)(H2,25,26,27). The largest absolute Gasteiger partial charge is 0.497 e. The van der Waals surface area contributed by atoms with Crippen molar-refractivity contribution >= 4 is 17.6 Å². The number of guanidine groups is 1. The van der Waals surface area contributed by atoms with Crippen molar-refractivity contribution in [2.24, 2.45) is 10.9 Å². The SMILES string of the molecule is CN=C(NCc1cccc(NC(=O)C2CCCC2)c1)NCc1ccc(OC)cc1OC. The number of ether oxygens (including phenoxy) is 2. The van der Waals surface area contributed by atoms with Crippen molar-refractivity contribution in [3.05, 3.63) is 53.6 Å². The monoisotopic (exact) mass is 424 g/mol. The molecule has 0 atom stereocenters. The summed E-state index contributed by atoms with van der Waals surface area (Å²) in [5.41, 5.74) is 2.90. The lowest BCUT2D eigenvalue weighted by atomic mass is 10.1. The first-order chi connectivity index (χ1) is 15.1. The number of carbonyl (C=O) groups is 1. The van der Waals surface area contributed by atoms with Crippen LogP contribution in [-0.2, 0) is 17.9 Å². The fourth-order valence-corrected chi connectivity index (χ4v) is 3.77. The normalized spacial score (nSPS) is 14.2. The first kappa shape index (κ1) is 22.5. The highest BCUT2D eigenvalue weighted by Gasteiger charge is 2.22. The van der Waals surface area contributed by atoms with E-state index in [1.54, 1.807) is 21.3 Å². The minimum atomic E-state index is 0.133. The molecule has 0 radical (unpaired) electrons. The van der Waals surface area contributed by atoms with E-state index >= 15 is 0 Å². The van der Waals surface area contributed by atoms with E-state index in [-0.39, 0.29) is 11.8 Å². The molecule has 1 amide bonds. The number of methoxy groups -OCH3 is 2. The summed E-state index contributed by atoms with van der Waals surface area (Å²) < 4.78 is 10.7. The molecule has 1 aliphatic carbocycles. The van der Waals surface area contributed by atoms with Crippen LogP contribution in [0.4, 0.5) is 5.69 Å². The predicted molar refractivity (Wildman–Crippen MR) is 124 cm³/mol. The van der Waals surface area contributed by atoms with Crippen molar-refractivity contribution in [1.29, 1.82) is 0 Å². The maximum atomic E-state index is 12.4. The number of aliphatic imine (C=N–C) groups is 1. The Labute approximate surface area is 184 Å². The van der Waals surface area contributed by atoms with E-state index in [1.165, 1.54) is 0 Å². The smallest absolute Gasteiger partial charge is 0.227 e. The van der Waals surface area contributed by atoms with Gasteiger partial charge in [0, 0.05) is 43.4 Å². The minimum Gasteiger partial charge on any atom is -0.497 e. The zero-order valence-electron chi connectivity index (χ0n) is 18.5. The van der Waals surface area contributed by atoms with E-state index in [0.29, 0.717) is 19.0 Å². The zero-order valence-corrected chi connectivity index (χ0v) is 18.5. The van der Waals surface area contributed by atoms with Crippen LogP contribution in [-0.4, -0.2) is 33.1 Å².